The van der Waals surface area contributed by atoms with E-state index in [1.165, 1.54) is 6.07 Å². The summed E-state index contributed by atoms with van der Waals surface area (Å²) >= 11 is 0. The first kappa shape index (κ1) is 18.4. The lowest BCUT2D eigenvalue weighted by molar-refractivity contribution is -0.384. The Bertz CT molecular complexity index is 827. The fourth-order valence-corrected chi connectivity index (χ4v) is 3.07. The molecule has 1 amide bonds. The lowest BCUT2D eigenvalue weighted by Crippen LogP contribution is -2.48. The molecule has 0 aliphatic carbocycles. The minimum absolute atomic E-state index is 0.0486. The third-order valence-corrected chi connectivity index (χ3v) is 4.46. The Balaban J connectivity index is 1.63. The van der Waals surface area contributed by atoms with E-state index in [1.54, 1.807) is 53.4 Å². The molecular formula is C20H21N3O4. The van der Waals surface area contributed by atoms with Gasteiger partial charge in [0, 0.05) is 37.8 Å². The van der Waals surface area contributed by atoms with Gasteiger partial charge in [0.1, 0.15) is 18.0 Å². The fourth-order valence-electron chi connectivity index (χ4n) is 3.07. The average Bonchev–Trinajstić information content (AvgIpc) is 2.72. The number of rotatable bonds is 6. The fraction of sp³-hybridized carbons (Fsp3) is 0.250. The van der Waals surface area contributed by atoms with Gasteiger partial charge in [0.25, 0.3) is 11.6 Å². The standard InChI is InChI=1S/C20H21N3O4/c1-2-15-27-17-9-7-16(8-10-17)20(24)22-13-11-21(12-14-22)18-5-3-4-6-19(18)23(25)26/h2-10H,1,11-15H2. The highest BCUT2D eigenvalue weighted by Crippen LogP contribution is 2.28. The Hall–Kier alpha value is -3.35. The van der Waals surface area contributed by atoms with Gasteiger partial charge in [-0.3, -0.25) is 14.9 Å². The summed E-state index contributed by atoms with van der Waals surface area (Å²) in [4.78, 5) is 27.2. The first-order chi connectivity index (χ1) is 13.1. The molecule has 0 aromatic heterocycles. The van der Waals surface area contributed by atoms with Gasteiger partial charge in [-0.2, -0.15) is 0 Å². The highest BCUT2D eigenvalue weighted by Gasteiger charge is 2.25. The third kappa shape index (κ3) is 4.25. The van der Waals surface area contributed by atoms with Crippen molar-refractivity contribution in [2.45, 2.75) is 0 Å². The van der Waals surface area contributed by atoms with Crippen molar-refractivity contribution in [3.8, 4) is 5.75 Å². The molecule has 2 aromatic carbocycles. The van der Waals surface area contributed by atoms with Crippen molar-refractivity contribution < 1.29 is 14.5 Å². The molecule has 0 atom stereocenters. The minimum Gasteiger partial charge on any atom is -0.490 e. The van der Waals surface area contributed by atoms with Gasteiger partial charge >= 0.3 is 0 Å². The maximum atomic E-state index is 12.7. The number of carbonyl (C=O) groups is 1. The second kappa shape index (κ2) is 8.35. The normalized spacial score (nSPS) is 13.9. The smallest absolute Gasteiger partial charge is 0.292 e. The molecule has 27 heavy (non-hydrogen) atoms. The van der Waals surface area contributed by atoms with E-state index in [0.29, 0.717) is 49.8 Å². The van der Waals surface area contributed by atoms with Crippen molar-refractivity contribution in [2.24, 2.45) is 0 Å². The molecule has 0 saturated carbocycles. The van der Waals surface area contributed by atoms with E-state index >= 15 is 0 Å². The third-order valence-electron chi connectivity index (χ3n) is 4.46. The second-order valence-electron chi connectivity index (χ2n) is 6.15. The van der Waals surface area contributed by atoms with Crippen LogP contribution < -0.4 is 9.64 Å². The van der Waals surface area contributed by atoms with Crippen molar-refractivity contribution in [2.75, 3.05) is 37.7 Å². The number of hydrogen-bond acceptors (Lipinski definition) is 5. The Morgan fingerprint density at radius 3 is 2.41 bits per heavy atom. The molecule has 3 rings (SSSR count). The number of nitro benzene ring substituents is 1. The van der Waals surface area contributed by atoms with Crippen LogP contribution in [0.4, 0.5) is 11.4 Å². The minimum atomic E-state index is -0.372. The number of amides is 1. The highest BCUT2D eigenvalue weighted by atomic mass is 16.6. The molecule has 0 N–H and O–H groups in total. The Morgan fingerprint density at radius 1 is 1.11 bits per heavy atom. The molecule has 1 saturated heterocycles. The van der Waals surface area contributed by atoms with Crippen molar-refractivity contribution in [3.63, 3.8) is 0 Å². The van der Waals surface area contributed by atoms with Crippen LogP contribution in [-0.2, 0) is 0 Å². The van der Waals surface area contributed by atoms with Crippen LogP contribution in [0, 0.1) is 10.1 Å². The van der Waals surface area contributed by atoms with Crippen molar-refractivity contribution in [1.29, 1.82) is 0 Å². The van der Waals surface area contributed by atoms with Crippen LogP contribution in [-0.4, -0.2) is 48.5 Å². The van der Waals surface area contributed by atoms with Crippen molar-refractivity contribution in [1.82, 2.24) is 4.90 Å². The molecule has 1 aliphatic heterocycles. The van der Waals surface area contributed by atoms with Crippen molar-refractivity contribution in [3.05, 3.63) is 76.9 Å². The maximum Gasteiger partial charge on any atom is 0.292 e. The maximum absolute atomic E-state index is 12.7. The quantitative estimate of drug-likeness (QED) is 0.445. The number of nitro groups is 1. The van der Waals surface area contributed by atoms with E-state index in [2.05, 4.69) is 6.58 Å². The van der Waals surface area contributed by atoms with E-state index in [1.807, 2.05) is 4.90 Å². The summed E-state index contributed by atoms with van der Waals surface area (Å²) in [5, 5.41) is 11.2. The summed E-state index contributed by atoms with van der Waals surface area (Å²) in [6, 6.07) is 13.7. The topological polar surface area (TPSA) is 75.9 Å². The summed E-state index contributed by atoms with van der Waals surface area (Å²) in [7, 11) is 0. The molecular weight excluding hydrogens is 346 g/mol. The van der Waals surface area contributed by atoms with Crippen LogP contribution in [0.2, 0.25) is 0 Å². The zero-order valence-corrected chi connectivity index (χ0v) is 14.9. The molecule has 0 bridgehead atoms. The number of benzene rings is 2. The van der Waals surface area contributed by atoms with Crippen LogP contribution >= 0.6 is 0 Å². The summed E-state index contributed by atoms with van der Waals surface area (Å²) < 4.78 is 5.42. The number of hydrogen-bond donors (Lipinski definition) is 0. The highest BCUT2D eigenvalue weighted by molar-refractivity contribution is 5.94. The summed E-state index contributed by atoms with van der Waals surface area (Å²) in [6.45, 7) is 6.15. The number of anilines is 1. The van der Waals surface area contributed by atoms with E-state index in [9.17, 15) is 14.9 Å². The van der Waals surface area contributed by atoms with Gasteiger partial charge in [0.05, 0.1) is 4.92 Å². The molecule has 1 heterocycles. The lowest BCUT2D eigenvalue weighted by Gasteiger charge is -2.35. The predicted octanol–water partition coefficient (Wildman–Crippen LogP) is 3.12. The van der Waals surface area contributed by atoms with Gasteiger partial charge in [-0.15, -0.1) is 0 Å². The molecule has 2 aromatic rings. The first-order valence-corrected chi connectivity index (χ1v) is 8.71. The van der Waals surface area contributed by atoms with E-state index in [0.717, 1.165) is 0 Å². The van der Waals surface area contributed by atoms with Gasteiger partial charge in [-0.25, -0.2) is 0 Å². The molecule has 0 unspecified atom stereocenters. The summed E-state index contributed by atoms with van der Waals surface area (Å²) in [5.74, 6) is 0.639. The monoisotopic (exact) mass is 367 g/mol. The Labute approximate surface area is 157 Å². The van der Waals surface area contributed by atoms with Gasteiger partial charge < -0.3 is 14.5 Å². The molecule has 7 heteroatoms. The van der Waals surface area contributed by atoms with Crippen LogP contribution in [0.25, 0.3) is 0 Å². The van der Waals surface area contributed by atoms with Gasteiger partial charge in [-0.05, 0) is 30.3 Å². The molecule has 140 valence electrons. The van der Waals surface area contributed by atoms with E-state index < -0.39 is 0 Å². The van der Waals surface area contributed by atoms with Gasteiger partial charge in [-0.1, -0.05) is 24.8 Å². The summed E-state index contributed by atoms with van der Waals surface area (Å²) in [6.07, 6.45) is 1.66. The Morgan fingerprint density at radius 2 is 1.78 bits per heavy atom. The predicted molar refractivity (Wildman–Crippen MR) is 103 cm³/mol. The van der Waals surface area contributed by atoms with E-state index in [-0.39, 0.29) is 16.5 Å². The molecule has 0 spiro atoms. The average molecular weight is 367 g/mol. The lowest BCUT2D eigenvalue weighted by atomic mass is 10.1. The Kier molecular flexibility index (Phi) is 5.71. The SMILES string of the molecule is C=CCOc1ccc(C(=O)N2CCN(c3ccccc3[N+](=O)[O-])CC2)cc1. The number of nitrogens with zero attached hydrogens (tertiary/aromatic N) is 3. The second-order valence-corrected chi connectivity index (χ2v) is 6.15. The number of carbonyl (C=O) groups excluding carboxylic acids is 1. The molecule has 1 aliphatic rings. The summed E-state index contributed by atoms with van der Waals surface area (Å²) in [5.41, 5.74) is 1.28. The number of para-hydroxylation sites is 2. The number of ether oxygens (including phenoxy) is 1. The zero-order valence-electron chi connectivity index (χ0n) is 14.9. The largest absolute Gasteiger partial charge is 0.490 e. The van der Waals surface area contributed by atoms with Crippen LogP contribution in [0.5, 0.6) is 5.75 Å². The zero-order chi connectivity index (χ0) is 19.2. The van der Waals surface area contributed by atoms with Crippen LogP contribution in [0.15, 0.2) is 61.2 Å². The molecule has 0 radical (unpaired) electrons. The van der Waals surface area contributed by atoms with Gasteiger partial charge in [0.15, 0.2) is 0 Å². The van der Waals surface area contributed by atoms with Crippen LogP contribution in [0.3, 0.4) is 0 Å². The van der Waals surface area contributed by atoms with E-state index in [4.69, 9.17) is 4.74 Å². The van der Waals surface area contributed by atoms with Crippen LogP contribution in [0.1, 0.15) is 10.4 Å². The molecule has 7 nitrogen and oxygen atoms in total. The first-order valence-electron chi connectivity index (χ1n) is 8.71. The van der Waals surface area contributed by atoms with Crippen molar-refractivity contribution >= 4 is 17.3 Å². The molecule has 1 fully saturated rings. The number of piperazine rings is 1. The van der Waals surface area contributed by atoms with Gasteiger partial charge in [0.2, 0.25) is 0 Å².